The number of aliphatic hydroxyl groups is 1. The molecule has 1 aromatic heterocycles. The summed E-state index contributed by atoms with van der Waals surface area (Å²) in [5, 5.41) is 12.7. The Morgan fingerprint density at radius 1 is 1.67 bits per heavy atom. The fourth-order valence-electron chi connectivity index (χ4n) is 1.79. The summed E-state index contributed by atoms with van der Waals surface area (Å²) in [4.78, 5) is 18.6. The van der Waals surface area contributed by atoms with Crippen LogP contribution in [0.2, 0.25) is 0 Å². The van der Waals surface area contributed by atoms with Gasteiger partial charge in [-0.05, 0) is 19.8 Å². The second-order valence-electron chi connectivity index (χ2n) is 4.22. The van der Waals surface area contributed by atoms with Gasteiger partial charge in [-0.1, -0.05) is 11.3 Å². The van der Waals surface area contributed by atoms with Crippen LogP contribution < -0.4 is 11.1 Å². The number of rotatable bonds is 6. The maximum Gasteiger partial charge on any atom is 0.268 e. The van der Waals surface area contributed by atoms with Crippen molar-refractivity contribution in [3.8, 4) is 0 Å². The number of nitrogens with one attached hydrogen (secondary N) is 1. The topological polar surface area (TPSA) is 91.5 Å². The average molecular weight is 270 g/mol. The Morgan fingerprint density at radius 2 is 2.39 bits per heavy atom. The molecule has 1 aliphatic carbocycles. The number of thiazole rings is 1. The molecular formula is C11H18N4O2S. The summed E-state index contributed by atoms with van der Waals surface area (Å²) in [7, 11) is 0. The fourth-order valence-corrected chi connectivity index (χ4v) is 2.69. The van der Waals surface area contributed by atoms with E-state index in [1.165, 1.54) is 11.3 Å². The zero-order chi connectivity index (χ0) is 13.1. The highest BCUT2D eigenvalue weighted by atomic mass is 32.1. The Hall–Kier alpha value is -1.34. The highest BCUT2D eigenvalue weighted by Crippen LogP contribution is 2.32. The highest BCUT2D eigenvalue weighted by molar-refractivity contribution is 7.18. The van der Waals surface area contributed by atoms with Gasteiger partial charge in [-0.2, -0.15) is 0 Å². The van der Waals surface area contributed by atoms with Crippen LogP contribution in [0, 0.1) is 0 Å². The summed E-state index contributed by atoms with van der Waals surface area (Å²) in [6.45, 7) is 3.03. The van der Waals surface area contributed by atoms with Gasteiger partial charge in [0, 0.05) is 19.1 Å². The molecule has 1 heterocycles. The Balaban J connectivity index is 2.15. The molecule has 1 aromatic rings. The molecule has 1 aliphatic rings. The molecule has 0 spiro atoms. The molecule has 1 saturated carbocycles. The molecule has 0 atom stereocenters. The van der Waals surface area contributed by atoms with E-state index in [-0.39, 0.29) is 24.4 Å². The van der Waals surface area contributed by atoms with E-state index in [1.54, 1.807) is 4.90 Å². The maximum absolute atomic E-state index is 12.3. The van der Waals surface area contributed by atoms with E-state index in [2.05, 4.69) is 10.3 Å². The predicted octanol–water partition coefficient (Wildman–Crippen LogP) is 0.754. The normalized spacial score (nSPS) is 14.6. The van der Waals surface area contributed by atoms with Crippen molar-refractivity contribution < 1.29 is 9.90 Å². The fraction of sp³-hybridized carbons (Fsp3) is 0.636. The van der Waals surface area contributed by atoms with E-state index in [0.717, 1.165) is 19.4 Å². The number of carbonyl (C=O) groups is 1. The number of nitrogen functional groups attached to an aromatic ring is 1. The molecule has 0 radical (unpaired) electrons. The predicted molar refractivity (Wildman–Crippen MR) is 71.8 cm³/mol. The van der Waals surface area contributed by atoms with Crippen molar-refractivity contribution in [2.75, 3.05) is 30.7 Å². The number of nitrogens with two attached hydrogens (primary N) is 1. The molecule has 0 saturated heterocycles. The molecular weight excluding hydrogens is 252 g/mol. The van der Waals surface area contributed by atoms with Crippen LogP contribution in [0.25, 0.3) is 0 Å². The molecule has 2 rings (SSSR count). The Bertz CT molecular complexity index is 431. The Kier molecular flexibility index (Phi) is 4.03. The number of amides is 1. The molecule has 6 nitrogen and oxygen atoms in total. The van der Waals surface area contributed by atoms with Crippen molar-refractivity contribution >= 4 is 28.2 Å². The number of nitrogens with zero attached hydrogens (tertiary/aromatic N) is 2. The van der Waals surface area contributed by atoms with Crippen molar-refractivity contribution in [3.63, 3.8) is 0 Å². The van der Waals surface area contributed by atoms with Gasteiger partial charge < -0.3 is 21.1 Å². The number of carbonyl (C=O) groups excluding carboxylic acids is 1. The van der Waals surface area contributed by atoms with Crippen molar-refractivity contribution in [2.24, 2.45) is 0 Å². The van der Waals surface area contributed by atoms with Crippen LogP contribution in [-0.2, 0) is 0 Å². The first kappa shape index (κ1) is 13.1. The first-order valence-corrected chi connectivity index (χ1v) is 6.91. The minimum Gasteiger partial charge on any atom is -0.395 e. The van der Waals surface area contributed by atoms with Crippen LogP contribution >= 0.6 is 11.3 Å². The van der Waals surface area contributed by atoms with Gasteiger partial charge in [0.25, 0.3) is 5.91 Å². The van der Waals surface area contributed by atoms with E-state index in [4.69, 9.17) is 10.8 Å². The van der Waals surface area contributed by atoms with Gasteiger partial charge in [-0.15, -0.1) is 0 Å². The Labute approximate surface area is 110 Å². The first-order valence-electron chi connectivity index (χ1n) is 6.09. The molecule has 7 heteroatoms. The summed E-state index contributed by atoms with van der Waals surface area (Å²) in [6.07, 6.45) is 2.01. The van der Waals surface area contributed by atoms with E-state index in [0.29, 0.717) is 16.6 Å². The van der Waals surface area contributed by atoms with Crippen LogP contribution in [0.1, 0.15) is 29.4 Å². The molecule has 18 heavy (non-hydrogen) atoms. The van der Waals surface area contributed by atoms with E-state index in [1.807, 2.05) is 6.92 Å². The van der Waals surface area contributed by atoms with Gasteiger partial charge in [0.05, 0.1) is 6.61 Å². The number of aromatic nitrogens is 1. The lowest BCUT2D eigenvalue weighted by molar-refractivity contribution is 0.0713. The highest BCUT2D eigenvalue weighted by Gasteiger charge is 2.34. The quantitative estimate of drug-likeness (QED) is 0.709. The van der Waals surface area contributed by atoms with Gasteiger partial charge >= 0.3 is 0 Å². The van der Waals surface area contributed by atoms with Gasteiger partial charge in [0.1, 0.15) is 10.7 Å². The zero-order valence-corrected chi connectivity index (χ0v) is 11.2. The number of hydrogen-bond donors (Lipinski definition) is 3. The van der Waals surface area contributed by atoms with Crippen LogP contribution in [0.5, 0.6) is 0 Å². The van der Waals surface area contributed by atoms with Crippen LogP contribution in [0.15, 0.2) is 0 Å². The summed E-state index contributed by atoms with van der Waals surface area (Å²) >= 11 is 1.27. The first-order chi connectivity index (χ1) is 8.67. The maximum atomic E-state index is 12.3. The minimum absolute atomic E-state index is 0.0268. The largest absolute Gasteiger partial charge is 0.395 e. The SMILES string of the molecule is CCNc1nc(N)c(C(=O)N(CCO)C2CC2)s1. The zero-order valence-electron chi connectivity index (χ0n) is 10.3. The summed E-state index contributed by atoms with van der Waals surface area (Å²) in [5.41, 5.74) is 5.78. The van der Waals surface area contributed by atoms with Gasteiger partial charge in [-0.25, -0.2) is 4.98 Å². The van der Waals surface area contributed by atoms with E-state index < -0.39 is 0 Å². The molecule has 0 aromatic carbocycles. The molecule has 0 unspecified atom stereocenters. The smallest absolute Gasteiger partial charge is 0.268 e. The Morgan fingerprint density at radius 3 is 2.94 bits per heavy atom. The number of anilines is 2. The van der Waals surface area contributed by atoms with Crippen molar-refractivity contribution in [2.45, 2.75) is 25.8 Å². The van der Waals surface area contributed by atoms with Gasteiger partial charge in [0.15, 0.2) is 5.13 Å². The molecule has 0 aliphatic heterocycles. The number of hydrogen-bond acceptors (Lipinski definition) is 6. The van der Waals surface area contributed by atoms with Crippen molar-refractivity contribution in [1.82, 2.24) is 9.88 Å². The summed E-state index contributed by atoms with van der Waals surface area (Å²) in [5.74, 6) is 0.148. The third-order valence-electron chi connectivity index (χ3n) is 2.77. The summed E-state index contributed by atoms with van der Waals surface area (Å²) in [6, 6.07) is 0.258. The summed E-state index contributed by atoms with van der Waals surface area (Å²) < 4.78 is 0. The minimum atomic E-state index is -0.120. The lowest BCUT2D eigenvalue weighted by Gasteiger charge is -2.20. The molecule has 100 valence electrons. The second-order valence-corrected chi connectivity index (χ2v) is 5.22. The third kappa shape index (κ3) is 2.73. The monoisotopic (exact) mass is 270 g/mol. The lowest BCUT2D eigenvalue weighted by Crippen LogP contribution is -2.35. The van der Waals surface area contributed by atoms with Gasteiger partial charge in [-0.3, -0.25) is 4.79 Å². The lowest BCUT2D eigenvalue weighted by atomic mass is 10.3. The number of aliphatic hydroxyl groups excluding tert-OH is 1. The average Bonchev–Trinajstić information content (AvgIpc) is 3.10. The molecule has 1 fully saturated rings. The second kappa shape index (κ2) is 5.53. The van der Waals surface area contributed by atoms with E-state index >= 15 is 0 Å². The van der Waals surface area contributed by atoms with Crippen LogP contribution in [0.4, 0.5) is 10.9 Å². The van der Waals surface area contributed by atoms with Crippen molar-refractivity contribution in [1.29, 1.82) is 0 Å². The molecule has 1 amide bonds. The molecule has 0 bridgehead atoms. The third-order valence-corrected chi connectivity index (χ3v) is 3.78. The standard InChI is InChI=1S/C11H18N4O2S/c1-2-13-11-14-9(12)8(18-11)10(17)15(5-6-16)7-3-4-7/h7,16H,2-6,12H2,1H3,(H,13,14). The van der Waals surface area contributed by atoms with Crippen molar-refractivity contribution in [3.05, 3.63) is 4.88 Å². The molecule has 4 N–H and O–H groups in total. The van der Waals surface area contributed by atoms with E-state index in [9.17, 15) is 4.79 Å². The van der Waals surface area contributed by atoms with Crippen LogP contribution in [0.3, 0.4) is 0 Å². The van der Waals surface area contributed by atoms with Crippen LogP contribution in [-0.4, -0.2) is 46.6 Å². The van der Waals surface area contributed by atoms with Gasteiger partial charge in [0.2, 0.25) is 0 Å².